The molecule has 0 aromatic heterocycles. The third-order valence-electron chi connectivity index (χ3n) is 3.71. The van der Waals surface area contributed by atoms with E-state index in [0.717, 1.165) is 22.3 Å². The molecule has 3 nitrogen and oxygen atoms in total. The van der Waals surface area contributed by atoms with E-state index >= 15 is 0 Å². The van der Waals surface area contributed by atoms with Crippen molar-refractivity contribution >= 4 is 17.5 Å². The van der Waals surface area contributed by atoms with Crippen LogP contribution in [0.5, 0.6) is 0 Å². The molecule has 2 aromatic carbocycles. The highest BCUT2D eigenvalue weighted by molar-refractivity contribution is 6.34. The van der Waals surface area contributed by atoms with E-state index in [0.29, 0.717) is 10.6 Å². The van der Waals surface area contributed by atoms with Gasteiger partial charge in [-0.05, 0) is 49.6 Å². The second kappa shape index (κ2) is 6.95. The second-order valence-corrected chi connectivity index (χ2v) is 5.96. The number of nitrogens with one attached hydrogen (secondary N) is 1. The van der Waals surface area contributed by atoms with E-state index in [4.69, 9.17) is 11.6 Å². The van der Waals surface area contributed by atoms with Gasteiger partial charge < -0.3 is 10.4 Å². The molecule has 0 radical (unpaired) electrons. The van der Waals surface area contributed by atoms with Crippen molar-refractivity contribution in [2.75, 3.05) is 6.54 Å². The standard InChI is InChI=1S/C18H20ClNO2/c1-11-5-4-6-14(7-11)17(21)10-20-18(22)15-8-12(2)13(3)9-16(15)19/h4-9,17,21H,10H2,1-3H3,(H,20,22). The molecule has 0 heterocycles. The number of hydrogen-bond acceptors (Lipinski definition) is 2. The summed E-state index contributed by atoms with van der Waals surface area (Å²) in [4.78, 5) is 12.2. The molecule has 0 aliphatic heterocycles. The van der Waals surface area contributed by atoms with Crippen LogP contribution < -0.4 is 5.32 Å². The number of aliphatic hydroxyl groups excluding tert-OH is 1. The molecule has 1 unspecified atom stereocenters. The van der Waals surface area contributed by atoms with E-state index in [9.17, 15) is 9.90 Å². The Morgan fingerprint density at radius 2 is 1.86 bits per heavy atom. The number of carbonyl (C=O) groups excluding carboxylic acids is 1. The molecule has 0 saturated heterocycles. The van der Waals surface area contributed by atoms with Crippen LogP contribution in [0.4, 0.5) is 0 Å². The monoisotopic (exact) mass is 317 g/mol. The highest BCUT2D eigenvalue weighted by Crippen LogP contribution is 2.21. The van der Waals surface area contributed by atoms with Gasteiger partial charge >= 0.3 is 0 Å². The van der Waals surface area contributed by atoms with Gasteiger partial charge in [0.1, 0.15) is 0 Å². The third kappa shape index (κ3) is 3.87. The molecule has 2 aromatic rings. The maximum Gasteiger partial charge on any atom is 0.252 e. The molecular formula is C18H20ClNO2. The minimum atomic E-state index is -0.742. The van der Waals surface area contributed by atoms with Crippen molar-refractivity contribution in [2.24, 2.45) is 0 Å². The van der Waals surface area contributed by atoms with Gasteiger partial charge in [-0.2, -0.15) is 0 Å². The van der Waals surface area contributed by atoms with E-state index in [-0.39, 0.29) is 12.5 Å². The first-order valence-electron chi connectivity index (χ1n) is 7.18. The molecular weight excluding hydrogens is 298 g/mol. The number of aliphatic hydroxyl groups is 1. The normalized spacial score (nSPS) is 12.0. The molecule has 0 bridgehead atoms. The molecule has 0 spiro atoms. The number of carbonyl (C=O) groups is 1. The molecule has 2 rings (SSSR count). The largest absolute Gasteiger partial charge is 0.387 e. The molecule has 0 fully saturated rings. The van der Waals surface area contributed by atoms with Crippen LogP contribution in [0.15, 0.2) is 36.4 Å². The summed E-state index contributed by atoms with van der Waals surface area (Å²) in [6, 6.07) is 11.1. The Hall–Kier alpha value is -1.84. The Labute approximate surface area is 135 Å². The van der Waals surface area contributed by atoms with E-state index in [2.05, 4.69) is 5.32 Å². The number of halogens is 1. The van der Waals surface area contributed by atoms with Crippen molar-refractivity contribution in [3.05, 3.63) is 69.2 Å². The highest BCUT2D eigenvalue weighted by atomic mass is 35.5. The molecule has 0 saturated carbocycles. The fourth-order valence-electron chi connectivity index (χ4n) is 2.23. The zero-order valence-corrected chi connectivity index (χ0v) is 13.7. The zero-order chi connectivity index (χ0) is 16.3. The van der Waals surface area contributed by atoms with Gasteiger partial charge in [0, 0.05) is 6.54 Å². The Morgan fingerprint density at radius 1 is 1.18 bits per heavy atom. The summed E-state index contributed by atoms with van der Waals surface area (Å²) in [5.41, 5.74) is 4.34. The first-order valence-corrected chi connectivity index (χ1v) is 7.56. The molecule has 1 amide bonds. The summed E-state index contributed by atoms with van der Waals surface area (Å²) in [7, 11) is 0. The van der Waals surface area contributed by atoms with Crippen molar-refractivity contribution in [2.45, 2.75) is 26.9 Å². The van der Waals surface area contributed by atoms with Gasteiger partial charge in [-0.3, -0.25) is 4.79 Å². The molecule has 1 atom stereocenters. The van der Waals surface area contributed by atoms with Crippen molar-refractivity contribution < 1.29 is 9.90 Å². The number of amides is 1. The van der Waals surface area contributed by atoms with Gasteiger partial charge in [-0.25, -0.2) is 0 Å². The Balaban J connectivity index is 2.05. The molecule has 2 N–H and O–H groups in total. The second-order valence-electron chi connectivity index (χ2n) is 5.56. The smallest absolute Gasteiger partial charge is 0.252 e. The van der Waals surface area contributed by atoms with Gasteiger partial charge in [0.2, 0.25) is 0 Å². The van der Waals surface area contributed by atoms with Crippen molar-refractivity contribution in [1.82, 2.24) is 5.32 Å². The van der Waals surface area contributed by atoms with E-state index in [1.807, 2.05) is 45.0 Å². The number of hydrogen-bond donors (Lipinski definition) is 2. The van der Waals surface area contributed by atoms with Crippen LogP contribution in [-0.4, -0.2) is 17.6 Å². The van der Waals surface area contributed by atoms with Crippen LogP contribution in [-0.2, 0) is 0 Å². The summed E-state index contributed by atoms with van der Waals surface area (Å²) in [5.74, 6) is -0.278. The first-order chi connectivity index (χ1) is 10.4. The van der Waals surface area contributed by atoms with Gasteiger partial charge in [-0.15, -0.1) is 0 Å². The fourth-order valence-corrected chi connectivity index (χ4v) is 2.54. The average Bonchev–Trinajstić information content (AvgIpc) is 2.48. The van der Waals surface area contributed by atoms with Crippen molar-refractivity contribution in [1.29, 1.82) is 0 Å². The SMILES string of the molecule is Cc1cccc(C(O)CNC(=O)c2cc(C)c(C)cc2Cl)c1. The quantitative estimate of drug-likeness (QED) is 0.902. The van der Waals surface area contributed by atoms with Gasteiger partial charge in [0.25, 0.3) is 5.91 Å². The summed E-state index contributed by atoms with van der Waals surface area (Å²) in [5, 5.41) is 13.3. The van der Waals surface area contributed by atoms with Crippen LogP contribution in [0.3, 0.4) is 0 Å². The van der Waals surface area contributed by atoms with Crippen LogP contribution in [0, 0.1) is 20.8 Å². The van der Waals surface area contributed by atoms with Crippen LogP contribution >= 0.6 is 11.6 Å². The Morgan fingerprint density at radius 3 is 2.55 bits per heavy atom. The Bertz CT molecular complexity index is 697. The maximum atomic E-state index is 12.2. The predicted molar refractivity (Wildman–Crippen MR) is 89.4 cm³/mol. The predicted octanol–water partition coefficient (Wildman–Crippen LogP) is 3.73. The lowest BCUT2D eigenvalue weighted by Gasteiger charge is -2.14. The zero-order valence-electron chi connectivity index (χ0n) is 13.0. The fraction of sp³-hybridized carbons (Fsp3) is 0.278. The third-order valence-corrected chi connectivity index (χ3v) is 4.02. The lowest BCUT2D eigenvalue weighted by atomic mass is 10.0. The molecule has 0 aliphatic carbocycles. The summed E-state index contributed by atoms with van der Waals surface area (Å²) in [6.07, 6.45) is -0.742. The molecule has 4 heteroatoms. The number of benzene rings is 2. The van der Waals surface area contributed by atoms with Crippen LogP contribution in [0.2, 0.25) is 5.02 Å². The van der Waals surface area contributed by atoms with Gasteiger partial charge in [0.05, 0.1) is 16.7 Å². The average molecular weight is 318 g/mol. The minimum Gasteiger partial charge on any atom is -0.387 e. The number of rotatable bonds is 4. The topological polar surface area (TPSA) is 49.3 Å². The minimum absolute atomic E-state index is 0.144. The van der Waals surface area contributed by atoms with Crippen LogP contribution in [0.25, 0.3) is 0 Å². The molecule has 22 heavy (non-hydrogen) atoms. The Kier molecular flexibility index (Phi) is 5.22. The van der Waals surface area contributed by atoms with E-state index in [1.165, 1.54) is 0 Å². The molecule has 0 aliphatic rings. The molecule has 116 valence electrons. The lowest BCUT2D eigenvalue weighted by molar-refractivity contribution is 0.0916. The van der Waals surface area contributed by atoms with E-state index in [1.54, 1.807) is 12.1 Å². The maximum absolute atomic E-state index is 12.2. The van der Waals surface area contributed by atoms with Crippen LogP contribution in [0.1, 0.15) is 38.7 Å². The van der Waals surface area contributed by atoms with Crippen molar-refractivity contribution in [3.8, 4) is 0 Å². The highest BCUT2D eigenvalue weighted by Gasteiger charge is 2.14. The van der Waals surface area contributed by atoms with Crippen molar-refractivity contribution in [3.63, 3.8) is 0 Å². The summed E-state index contributed by atoms with van der Waals surface area (Å²) < 4.78 is 0. The van der Waals surface area contributed by atoms with Gasteiger partial charge in [0.15, 0.2) is 0 Å². The summed E-state index contributed by atoms with van der Waals surface area (Å²) in [6.45, 7) is 5.99. The van der Waals surface area contributed by atoms with Gasteiger partial charge in [-0.1, -0.05) is 41.4 Å². The first kappa shape index (κ1) is 16.5. The summed E-state index contributed by atoms with van der Waals surface area (Å²) >= 11 is 6.13. The number of aryl methyl sites for hydroxylation is 3. The lowest BCUT2D eigenvalue weighted by Crippen LogP contribution is -2.28. The van der Waals surface area contributed by atoms with E-state index < -0.39 is 6.10 Å².